The van der Waals surface area contributed by atoms with Crippen molar-refractivity contribution in [2.45, 2.75) is 57.1 Å². The van der Waals surface area contributed by atoms with Gasteiger partial charge in [0.15, 0.2) is 0 Å². The lowest BCUT2D eigenvalue weighted by Gasteiger charge is -2.34. The minimum absolute atomic E-state index is 0.142. The fourth-order valence-corrected chi connectivity index (χ4v) is 4.96. The van der Waals surface area contributed by atoms with Crippen LogP contribution in [0.2, 0.25) is 10.0 Å². The molecular formula is C29H32Cl2N2O2S. The van der Waals surface area contributed by atoms with Crippen molar-refractivity contribution >= 4 is 46.8 Å². The van der Waals surface area contributed by atoms with E-state index in [0.717, 1.165) is 21.6 Å². The minimum atomic E-state index is -0.718. The Morgan fingerprint density at radius 3 is 2.25 bits per heavy atom. The van der Waals surface area contributed by atoms with Gasteiger partial charge in [0, 0.05) is 33.4 Å². The fraction of sp³-hybridized carbons (Fsp3) is 0.310. The van der Waals surface area contributed by atoms with Gasteiger partial charge in [-0.3, -0.25) is 9.59 Å². The van der Waals surface area contributed by atoms with Crippen LogP contribution in [0.3, 0.4) is 0 Å². The number of rotatable bonds is 9. The fourth-order valence-electron chi connectivity index (χ4n) is 3.70. The summed E-state index contributed by atoms with van der Waals surface area (Å²) >= 11 is 14.0. The molecule has 0 radical (unpaired) electrons. The molecule has 3 rings (SSSR count). The summed E-state index contributed by atoms with van der Waals surface area (Å²) in [4.78, 5) is 29.9. The number of halogens is 2. The summed E-state index contributed by atoms with van der Waals surface area (Å²) in [6.45, 7) is 8.01. The molecule has 0 saturated heterocycles. The average Bonchev–Trinajstić information content (AvgIpc) is 2.81. The highest BCUT2D eigenvalue weighted by Crippen LogP contribution is 2.26. The van der Waals surface area contributed by atoms with Gasteiger partial charge in [-0.25, -0.2) is 0 Å². The SMILES string of the molecule is Cc1ccc(SCC(=O)N(Cc2ccc(Cl)cc2Cl)[C@H](Cc2ccccc2)C(=O)NC(C)(C)C)cc1. The van der Waals surface area contributed by atoms with E-state index in [-0.39, 0.29) is 24.1 Å². The Morgan fingerprint density at radius 1 is 0.972 bits per heavy atom. The van der Waals surface area contributed by atoms with E-state index < -0.39 is 11.6 Å². The Labute approximate surface area is 228 Å². The predicted octanol–water partition coefficient (Wildman–Crippen LogP) is 6.95. The summed E-state index contributed by atoms with van der Waals surface area (Å²) in [5.74, 6) is -0.149. The molecule has 4 nitrogen and oxygen atoms in total. The topological polar surface area (TPSA) is 49.4 Å². The number of hydrogen-bond acceptors (Lipinski definition) is 3. The summed E-state index contributed by atoms with van der Waals surface area (Å²) in [5, 5.41) is 4.05. The van der Waals surface area contributed by atoms with E-state index in [9.17, 15) is 9.59 Å². The van der Waals surface area contributed by atoms with Crippen LogP contribution in [0.1, 0.15) is 37.5 Å². The Balaban J connectivity index is 1.95. The Hall–Kier alpha value is -2.47. The molecule has 0 aromatic heterocycles. The maximum atomic E-state index is 13.7. The van der Waals surface area contributed by atoms with E-state index in [1.165, 1.54) is 11.8 Å². The van der Waals surface area contributed by atoms with E-state index in [0.29, 0.717) is 16.5 Å². The number of hydrogen-bond donors (Lipinski definition) is 1. The van der Waals surface area contributed by atoms with Crippen LogP contribution >= 0.6 is 35.0 Å². The van der Waals surface area contributed by atoms with Crippen LogP contribution in [0, 0.1) is 6.92 Å². The molecule has 0 unspecified atom stereocenters. The van der Waals surface area contributed by atoms with E-state index in [2.05, 4.69) is 5.32 Å². The van der Waals surface area contributed by atoms with E-state index in [4.69, 9.17) is 23.2 Å². The van der Waals surface area contributed by atoms with Gasteiger partial charge in [0.1, 0.15) is 6.04 Å². The largest absolute Gasteiger partial charge is 0.350 e. The van der Waals surface area contributed by atoms with Crippen LogP contribution in [-0.2, 0) is 22.6 Å². The summed E-state index contributed by atoms with van der Waals surface area (Å²) in [6.07, 6.45) is 0.384. The molecule has 0 spiro atoms. The lowest BCUT2D eigenvalue weighted by atomic mass is 10.0. The van der Waals surface area contributed by atoms with Crippen molar-refractivity contribution in [1.82, 2.24) is 10.2 Å². The quantitative estimate of drug-likeness (QED) is 0.297. The number of carbonyl (C=O) groups is 2. The first-order valence-corrected chi connectivity index (χ1v) is 13.5. The number of amides is 2. The third-order valence-corrected chi connectivity index (χ3v) is 7.09. The Morgan fingerprint density at radius 2 is 1.64 bits per heavy atom. The van der Waals surface area contributed by atoms with E-state index in [1.807, 2.05) is 82.3 Å². The molecule has 7 heteroatoms. The second-order valence-corrected chi connectivity index (χ2v) is 11.7. The molecule has 0 saturated carbocycles. The van der Waals surface area contributed by atoms with Crippen molar-refractivity contribution in [1.29, 1.82) is 0 Å². The number of nitrogens with one attached hydrogen (secondary N) is 1. The maximum Gasteiger partial charge on any atom is 0.243 e. The third kappa shape index (κ3) is 8.58. The minimum Gasteiger partial charge on any atom is -0.350 e. The second kappa shape index (κ2) is 12.7. The predicted molar refractivity (Wildman–Crippen MR) is 151 cm³/mol. The van der Waals surface area contributed by atoms with Crippen molar-refractivity contribution in [2.24, 2.45) is 0 Å². The van der Waals surface area contributed by atoms with Crippen LogP contribution in [0.5, 0.6) is 0 Å². The number of benzene rings is 3. The molecule has 0 aliphatic carbocycles. The lowest BCUT2D eigenvalue weighted by molar-refractivity contribution is -0.140. The second-order valence-electron chi connectivity index (χ2n) is 9.80. The molecule has 0 bridgehead atoms. The van der Waals surface area contributed by atoms with Crippen LogP contribution in [0.25, 0.3) is 0 Å². The first-order chi connectivity index (χ1) is 17.0. The van der Waals surface area contributed by atoms with Gasteiger partial charge < -0.3 is 10.2 Å². The standard InChI is InChI=1S/C29H32Cl2N2O2S/c1-20-10-14-24(15-11-20)36-19-27(34)33(18-22-12-13-23(30)17-25(22)31)26(28(35)32-29(2,3)4)16-21-8-6-5-7-9-21/h5-15,17,26H,16,18-19H2,1-4H3,(H,32,35)/t26-/m1/s1. The molecule has 3 aromatic rings. The molecule has 36 heavy (non-hydrogen) atoms. The van der Waals surface area contributed by atoms with Crippen LogP contribution in [-0.4, -0.2) is 34.0 Å². The third-order valence-electron chi connectivity index (χ3n) is 5.51. The summed E-state index contributed by atoms with van der Waals surface area (Å²) < 4.78 is 0. The van der Waals surface area contributed by atoms with Gasteiger partial charge in [-0.1, -0.05) is 77.3 Å². The maximum absolute atomic E-state index is 13.7. The van der Waals surface area contributed by atoms with Crippen LogP contribution in [0.4, 0.5) is 0 Å². The first-order valence-electron chi connectivity index (χ1n) is 11.8. The van der Waals surface area contributed by atoms with E-state index >= 15 is 0 Å². The lowest BCUT2D eigenvalue weighted by Crippen LogP contribution is -2.54. The smallest absolute Gasteiger partial charge is 0.243 e. The molecule has 1 atom stereocenters. The number of aryl methyl sites for hydroxylation is 1. The monoisotopic (exact) mass is 542 g/mol. The zero-order valence-electron chi connectivity index (χ0n) is 21.1. The molecule has 190 valence electrons. The number of thioether (sulfide) groups is 1. The highest BCUT2D eigenvalue weighted by molar-refractivity contribution is 8.00. The molecule has 3 aromatic carbocycles. The zero-order chi connectivity index (χ0) is 26.3. The Bertz CT molecular complexity index is 1180. The highest BCUT2D eigenvalue weighted by atomic mass is 35.5. The first kappa shape index (κ1) is 28.1. The number of carbonyl (C=O) groups excluding carboxylic acids is 2. The molecule has 0 fully saturated rings. The number of nitrogens with zero attached hydrogens (tertiary/aromatic N) is 1. The van der Waals surface area contributed by atoms with Gasteiger partial charge in [0.2, 0.25) is 11.8 Å². The summed E-state index contributed by atoms with van der Waals surface area (Å²) in [5.41, 5.74) is 2.41. The molecule has 0 aliphatic heterocycles. The van der Waals surface area contributed by atoms with Gasteiger partial charge >= 0.3 is 0 Å². The molecule has 1 N–H and O–H groups in total. The average molecular weight is 544 g/mol. The molecular weight excluding hydrogens is 511 g/mol. The zero-order valence-corrected chi connectivity index (χ0v) is 23.4. The highest BCUT2D eigenvalue weighted by Gasteiger charge is 2.32. The summed E-state index contributed by atoms with van der Waals surface area (Å²) in [7, 11) is 0. The Kier molecular flexibility index (Phi) is 9.89. The van der Waals surface area contributed by atoms with Crippen molar-refractivity contribution < 1.29 is 9.59 Å². The normalized spacial score (nSPS) is 12.2. The molecule has 0 heterocycles. The van der Waals surface area contributed by atoms with Crippen molar-refractivity contribution in [2.75, 3.05) is 5.75 Å². The van der Waals surface area contributed by atoms with Crippen molar-refractivity contribution in [3.05, 3.63) is 99.5 Å². The van der Waals surface area contributed by atoms with Crippen LogP contribution < -0.4 is 5.32 Å². The van der Waals surface area contributed by atoms with E-state index in [1.54, 1.807) is 23.1 Å². The summed E-state index contributed by atoms with van der Waals surface area (Å²) in [6, 6.07) is 22.3. The molecule has 2 amide bonds. The van der Waals surface area contributed by atoms with Crippen molar-refractivity contribution in [3.63, 3.8) is 0 Å². The van der Waals surface area contributed by atoms with Gasteiger partial charge in [0.25, 0.3) is 0 Å². The van der Waals surface area contributed by atoms with Gasteiger partial charge in [-0.05, 0) is 63.1 Å². The van der Waals surface area contributed by atoms with Gasteiger partial charge in [0.05, 0.1) is 5.75 Å². The molecule has 0 aliphatic rings. The van der Waals surface area contributed by atoms with Gasteiger partial charge in [-0.15, -0.1) is 11.8 Å². The van der Waals surface area contributed by atoms with Gasteiger partial charge in [-0.2, -0.15) is 0 Å². The van der Waals surface area contributed by atoms with Crippen molar-refractivity contribution in [3.8, 4) is 0 Å². The van der Waals surface area contributed by atoms with Crippen LogP contribution in [0.15, 0.2) is 77.7 Å².